The van der Waals surface area contributed by atoms with E-state index in [9.17, 15) is 5.48 Å². The van der Waals surface area contributed by atoms with Gasteiger partial charge in [-0.2, -0.15) is 18.2 Å². The number of ether oxygens (including phenoxy) is 1. The molecular weight excluding hydrogens is 1050 g/mol. The van der Waals surface area contributed by atoms with Crippen LogP contribution in [0.25, 0.3) is 94.5 Å². The van der Waals surface area contributed by atoms with E-state index in [1.807, 2.05) is 32.9 Å². The van der Waals surface area contributed by atoms with Gasteiger partial charge in [0.2, 0.25) is 0 Å². The molecule has 3 heterocycles. The number of aromatic nitrogens is 4. The van der Waals surface area contributed by atoms with Crippen molar-refractivity contribution >= 4 is 32.8 Å². The van der Waals surface area contributed by atoms with Crippen molar-refractivity contribution in [3.05, 3.63) is 248 Å². The molecule has 12 aromatic rings. The van der Waals surface area contributed by atoms with Crippen LogP contribution < -0.4 is 9.30 Å². The Hall–Kier alpha value is -8.11. The molecule has 12 rings (SSSR count). The van der Waals surface area contributed by atoms with Crippen molar-refractivity contribution in [3.8, 4) is 73.2 Å². The summed E-state index contributed by atoms with van der Waals surface area (Å²) in [5.41, 5.74) is -0.495. The number of hydrogen-bond acceptors (Lipinski definition) is 2. The normalized spacial score (nSPS) is 16.3. The molecule has 0 fully saturated rings. The third-order valence-electron chi connectivity index (χ3n) is 11.8. The molecule has 0 radical (unpaired) electrons. The van der Waals surface area contributed by atoms with Crippen LogP contribution in [0.2, 0.25) is 0 Å². The molecule has 346 valence electrons. The van der Waals surface area contributed by atoms with Gasteiger partial charge in [0.05, 0.1) is 44.1 Å². The van der Waals surface area contributed by atoms with Gasteiger partial charge in [-0.15, -0.1) is 29.7 Å². The topological polar surface area (TPSA) is 35.9 Å². The van der Waals surface area contributed by atoms with E-state index in [0.29, 0.717) is 27.4 Å². The molecule has 0 amide bonds. The van der Waals surface area contributed by atoms with E-state index in [2.05, 4.69) is 23.4 Å². The summed E-state index contributed by atoms with van der Waals surface area (Å²) in [6, 6.07) is 18.4. The van der Waals surface area contributed by atoms with Crippen LogP contribution >= 0.6 is 0 Å². The Labute approximate surface area is 461 Å². The van der Waals surface area contributed by atoms with E-state index in [4.69, 9.17) is 30.8 Å². The van der Waals surface area contributed by atoms with Gasteiger partial charge in [-0.25, -0.2) is 4.98 Å². The first-order valence-corrected chi connectivity index (χ1v) is 21.9. The van der Waals surface area contributed by atoms with Crippen molar-refractivity contribution in [3.63, 3.8) is 0 Å². The van der Waals surface area contributed by atoms with Crippen molar-refractivity contribution in [2.75, 3.05) is 0 Å². The quantitative estimate of drug-likeness (QED) is 0.107. The second-order valence-corrected chi connectivity index (χ2v) is 17.2. The molecule has 0 spiro atoms. The van der Waals surface area contributed by atoms with Crippen LogP contribution in [0.5, 0.6) is 11.5 Å². The molecule has 0 aliphatic carbocycles. The van der Waals surface area contributed by atoms with Gasteiger partial charge >= 0.3 is 0 Å². The van der Waals surface area contributed by atoms with E-state index in [1.54, 1.807) is 59.2 Å². The van der Waals surface area contributed by atoms with Gasteiger partial charge in [0, 0.05) is 54.0 Å². The number of para-hydroxylation sites is 1. The fourth-order valence-corrected chi connectivity index (χ4v) is 8.53. The average Bonchev–Trinajstić information content (AvgIpc) is 1.32. The number of pyridine rings is 1. The summed E-state index contributed by atoms with van der Waals surface area (Å²) in [6.07, 6.45) is 4.50. The molecule has 0 aliphatic heterocycles. The van der Waals surface area contributed by atoms with Crippen LogP contribution in [0.1, 0.15) is 63.4 Å². The Balaban J connectivity index is 0.00000901. The third kappa shape index (κ3) is 8.47. The zero-order valence-corrected chi connectivity index (χ0v) is 40.0. The van der Waals surface area contributed by atoms with Gasteiger partial charge in [0.15, 0.2) is 0 Å². The standard InChI is InChI=1S/C65H48N4O.Pt/c1-44-36-63(66-42-58(44)48-26-15-8-16-27-48)69-59-31-18-17-30-54(59)55-34-33-53(41-61(55)69)70-52-29-19-28-51(40-52)67-43-68(60-35-32-49(37-62(60)67)45-20-9-5-10-21-45)64-56(46-22-11-6-12-23-46)38-50(65(2,3)4)39-57(64)47-24-13-7-14-25-47;/h5-39,42H,1-4H3;/q-2;/i1D3,5D,6D,7D,8D,9D,10D,11D,12D,13D,14D,15D,16D,20D,21D,22D,23D,24D,25D,26D,27D;. The monoisotopic (exact) mass is 1120 g/mol. The molecule has 6 heteroatoms. The van der Waals surface area contributed by atoms with Crippen molar-refractivity contribution in [2.24, 2.45) is 0 Å². The van der Waals surface area contributed by atoms with Gasteiger partial charge in [0.1, 0.15) is 5.82 Å². The molecule has 3 aromatic heterocycles. The zero-order valence-electron chi connectivity index (χ0n) is 60.8. The van der Waals surface area contributed by atoms with E-state index in [1.165, 1.54) is 39.6 Å². The van der Waals surface area contributed by atoms with E-state index in [-0.39, 0.29) is 111 Å². The van der Waals surface area contributed by atoms with Gasteiger partial charge in [-0.05, 0) is 91.6 Å². The first-order valence-electron chi connectivity index (χ1n) is 33.4. The number of aryl methyl sites for hydroxylation is 1. The fourth-order valence-electron chi connectivity index (χ4n) is 8.53. The summed E-state index contributed by atoms with van der Waals surface area (Å²) in [5, 5.41) is 1.34. The Morgan fingerprint density at radius 1 is 0.577 bits per heavy atom. The Morgan fingerprint density at radius 2 is 1.20 bits per heavy atom. The number of benzene rings is 9. The first kappa shape index (κ1) is 26.2. The SMILES string of the molecule is [2H]c1c([2H])c([2H])c(-c2ccc3c(c2)n(-c2[c-]c(Oc4[c-]c5c(cc4)c4ccccc4n5-c4cc(C([2H])([2H])[2H])c(-c5c([2H])c([2H])c([2H])c([2H])c5[2H])cn4)ccc2)[c-][n+]3-c2c(-c3c([2H])c([2H])c([2H])c([2H])c3[2H])cc(C(C)(C)C)cc2-c2c([2H])c([2H])c([2H])c([2H])c2[2H])c([2H])c1[2H].[Pt]. The summed E-state index contributed by atoms with van der Waals surface area (Å²) in [5.74, 6) is 0.251. The van der Waals surface area contributed by atoms with Crippen LogP contribution in [0.3, 0.4) is 0 Å². The molecule has 5 nitrogen and oxygen atoms in total. The average molecular weight is 1120 g/mol. The Kier molecular flexibility index (Phi) is 6.88. The number of rotatable bonds is 9. The molecular formula is C65H48N4OPt-2. The second kappa shape index (κ2) is 18.7. The van der Waals surface area contributed by atoms with Crippen LogP contribution in [0, 0.1) is 25.3 Å². The summed E-state index contributed by atoms with van der Waals surface area (Å²) in [4.78, 5) is 4.66. The van der Waals surface area contributed by atoms with Crippen LogP contribution in [0.4, 0.5) is 0 Å². The van der Waals surface area contributed by atoms with Gasteiger partial charge in [0.25, 0.3) is 6.33 Å². The Morgan fingerprint density at radius 3 is 1.85 bits per heavy atom. The molecule has 71 heavy (non-hydrogen) atoms. The first-order chi connectivity index (χ1) is 43.7. The van der Waals surface area contributed by atoms with Gasteiger partial charge in [-0.1, -0.05) is 190 Å². The van der Waals surface area contributed by atoms with Crippen LogP contribution in [0.15, 0.2) is 218 Å². The summed E-state index contributed by atoms with van der Waals surface area (Å²) < 4.78 is 213. The van der Waals surface area contributed by atoms with Crippen molar-refractivity contribution in [2.45, 2.75) is 33.0 Å². The smallest absolute Gasteiger partial charge is 0.268 e. The predicted molar refractivity (Wildman–Crippen MR) is 285 cm³/mol. The summed E-state index contributed by atoms with van der Waals surface area (Å²) in [6.45, 7) is 2.65. The number of hydrogen-bond donors (Lipinski definition) is 0. The molecule has 0 saturated heterocycles. The molecule has 9 aromatic carbocycles. The van der Waals surface area contributed by atoms with Crippen LogP contribution in [-0.4, -0.2) is 14.1 Å². The number of fused-ring (bicyclic) bond motifs is 4. The minimum Gasteiger partial charge on any atom is -0.510 e. The summed E-state index contributed by atoms with van der Waals surface area (Å²) in [7, 11) is 0. The third-order valence-corrected chi connectivity index (χ3v) is 11.8. The number of nitrogens with zero attached hydrogens (tertiary/aromatic N) is 4. The molecule has 0 N–H and O–H groups in total. The second-order valence-electron chi connectivity index (χ2n) is 17.2. The molecule has 0 atom stereocenters. The molecule has 0 bridgehead atoms. The molecule has 0 aliphatic rings. The predicted octanol–water partition coefficient (Wildman–Crippen LogP) is 15.9. The minimum absolute atomic E-state index is 0. The zero-order chi connectivity index (χ0) is 67.3. The van der Waals surface area contributed by atoms with E-state index in [0.717, 1.165) is 0 Å². The van der Waals surface area contributed by atoms with Crippen molar-refractivity contribution < 1.29 is 61.9 Å². The van der Waals surface area contributed by atoms with E-state index < -0.39 is 133 Å². The van der Waals surface area contributed by atoms with Gasteiger partial charge < -0.3 is 13.9 Å². The van der Waals surface area contributed by atoms with Crippen molar-refractivity contribution in [1.82, 2.24) is 14.1 Å². The maximum Gasteiger partial charge on any atom is 0.268 e. The largest absolute Gasteiger partial charge is 0.510 e. The minimum atomic E-state index is -2.88. The van der Waals surface area contributed by atoms with E-state index >= 15 is 0 Å². The fraction of sp³-hybridized carbons (Fsp3) is 0.0769. The van der Waals surface area contributed by atoms with Gasteiger partial charge in [-0.3, -0.25) is 4.57 Å². The van der Waals surface area contributed by atoms with Crippen molar-refractivity contribution in [1.29, 1.82) is 0 Å². The Bertz CT molecular complexity index is 5040. The maximum absolute atomic E-state index is 9.36. The maximum atomic E-state index is 9.36. The summed E-state index contributed by atoms with van der Waals surface area (Å²) >= 11 is 0. The molecule has 0 saturated carbocycles. The van der Waals surface area contributed by atoms with Crippen LogP contribution in [-0.2, 0) is 26.5 Å². The number of imidazole rings is 1. The molecule has 0 unspecified atom stereocenters.